The summed E-state index contributed by atoms with van der Waals surface area (Å²) in [5.41, 5.74) is 1.35. The SMILES string of the molecule is C[C@@H]1CC(=O)[C@@H]2CCC[C@H]2[C@H]2CC(=O)C=C2C1. The van der Waals surface area contributed by atoms with Crippen molar-refractivity contribution in [3.8, 4) is 0 Å². The number of carbonyl (C=O) groups is 2. The van der Waals surface area contributed by atoms with Crippen molar-refractivity contribution in [1.82, 2.24) is 0 Å². The molecule has 0 amide bonds. The van der Waals surface area contributed by atoms with Crippen molar-refractivity contribution in [2.24, 2.45) is 23.7 Å². The molecule has 2 fully saturated rings. The third-order valence-electron chi connectivity index (χ3n) is 4.88. The Morgan fingerprint density at radius 2 is 1.88 bits per heavy atom. The molecule has 0 radical (unpaired) electrons. The van der Waals surface area contributed by atoms with Crippen molar-refractivity contribution in [2.45, 2.75) is 45.4 Å². The second-order valence-corrected chi connectivity index (χ2v) is 6.18. The van der Waals surface area contributed by atoms with E-state index in [9.17, 15) is 9.59 Å². The highest BCUT2D eigenvalue weighted by molar-refractivity contribution is 5.94. The molecule has 0 spiro atoms. The molecule has 0 aromatic rings. The molecule has 0 saturated heterocycles. The van der Waals surface area contributed by atoms with E-state index in [0.717, 1.165) is 25.7 Å². The predicted molar refractivity (Wildman–Crippen MR) is 65.4 cm³/mol. The molecular formula is C15H20O2. The molecular weight excluding hydrogens is 212 g/mol. The van der Waals surface area contributed by atoms with E-state index < -0.39 is 0 Å². The Morgan fingerprint density at radius 3 is 2.71 bits per heavy atom. The molecule has 3 rings (SSSR count). The van der Waals surface area contributed by atoms with E-state index in [4.69, 9.17) is 0 Å². The molecule has 2 nitrogen and oxygen atoms in total. The number of Topliss-reactive ketones (excluding diaryl/α,β-unsaturated/α-hetero) is 1. The van der Waals surface area contributed by atoms with Crippen molar-refractivity contribution in [3.05, 3.63) is 11.6 Å². The maximum atomic E-state index is 12.2. The third-order valence-corrected chi connectivity index (χ3v) is 4.88. The lowest BCUT2D eigenvalue weighted by Gasteiger charge is -2.31. The number of ketones is 2. The van der Waals surface area contributed by atoms with Crippen LogP contribution in [0.2, 0.25) is 0 Å². The van der Waals surface area contributed by atoms with Crippen LogP contribution in [-0.4, -0.2) is 11.6 Å². The molecule has 3 aliphatic carbocycles. The fraction of sp³-hybridized carbons (Fsp3) is 0.733. The molecule has 0 bridgehead atoms. The lowest BCUT2D eigenvalue weighted by molar-refractivity contribution is -0.126. The first kappa shape index (κ1) is 11.2. The lowest BCUT2D eigenvalue weighted by atomic mass is 9.72. The smallest absolute Gasteiger partial charge is 0.156 e. The molecule has 3 aliphatic rings. The quantitative estimate of drug-likeness (QED) is 0.643. The third kappa shape index (κ3) is 1.88. The monoisotopic (exact) mass is 232 g/mol. The summed E-state index contributed by atoms with van der Waals surface area (Å²) in [7, 11) is 0. The van der Waals surface area contributed by atoms with Crippen LogP contribution < -0.4 is 0 Å². The zero-order valence-electron chi connectivity index (χ0n) is 10.4. The normalized spacial score (nSPS) is 41.6. The Balaban J connectivity index is 1.93. The van der Waals surface area contributed by atoms with Crippen molar-refractivity contribution in [3.63, 3.8) is 0 Å². The van der Waals surface area contributed by atoms with Crippen molar-refractivity contribution < 1.29 is 9.59 Å². The first-order valence-corrected chi connectivity index (χ1v) is 6.91. The Morgan fingerprint density at radius 1 is 1.06 bits per heavy atom. The molecule has 0 aliphatic heterocycles. The van der Waals surface area contributed by atoms with E-state index in [-0.39, 0.29) is 11.7 Å². The van der Waals surface area contributed by atoms with Crippen LogP contribution in [0.25, 0.3) is 0 Å². The van der Waals surface area contributed by atoms with Crippen molar-refractivity contribution in [2.75, 3.05) is 0 Å². The summed E-state index contributed by atoms with van der Waals surface area (Å²) in [6, 6.07) is 0. The van der Waals surface area contributed by atoms with E-state index in [1.54, 1.807) is 0 Å². The molecule has 0 unspecified atom stereocenters. The van der Waals surface area contributed by atoms with Crippen molar-refractivity contribution >= 4 is 11.6 Å². The summed E-state index contributed by atoms with van der Waals surface area (Å²) < 4.78 is 0. The van der Waals surface area contributed by atoms with Gasteiger partial charge in [-0.2, -0.15) is 0 Å². The number of carbonyl (C=O) groups excluding carboxylic acids is 2. The van der Waals surface area contributed by atoms with Gasteiger partial charge in [-0.25, -0.2) is 0 Å². The molecule has 4 atom stereocenters. The van der Waals surface area contributed by atoms with Crippen LogP contribution in [0.3, 0.4) is 0 Å². The molecule has 92 valence electrons. The standard InChI is InChI=1S/C15H20O2/c1-9-5-10-7-11(16)8-14(10)12-3-2-4-13(12)15(17)6-9/h7,9,12-14H,2-6,8H2,1H3/t9-,12+,13+,14-/m0/s1. The summed E-state index contributed by atoms with van der Waals surface area (Å²) in [5, 5.41) is 0. The first-order valence-electron chi connectivity index (χ1n) is 6.91. The number of rotatable bonds is 0. The molecule has 17 heavy (non-hydrogen) atoms. The summed E-state index contributed by atoms with van der Waals surface area (Å²) in [5.74, 6) is 2.32. The minimum absolute atomic E-state index is 0.261. The fourth-order valence-corrected chi connectivity index (χ4v) is 4.20. The summed E-state index contributed by atoms with van der Waals surface area (Å²) >= 11 is 0. The molecule has 0 heterocycles. The number of hydrogen-bond acceptors (Lipinski definition) is 2. The van der Waals surface area contributed by atoms with E-state index in [2.05, 4.69) is 6.92 Å². The van der Waals surface area contributed by atoms with Gasteiger partial charge in [-0.1, -0.05) is 18.9 Å². The van der Waals surface area contributed by atoms with Crippen LogP contribution in [0.4, 0.5) is 0 Å². The highest BCUT2D eigenvalue weighted by Crippen LogP contribution is 2.47. The Kier molecular flexibility index (Phi) is 2.68. The van der Waals surface area contributed by atoms with Gasteiger partial charge in [-0.3, -0.25) is 9.59 Å². The largest absolute Gasteiger partial charge is 0.299 e. The minimum atomic E-state index is 0.261. The molecule has 2 saturated carbocycles. The van der Waals surface area contributed by atoms with E-state index in [1.165, 1.54) is 12.0 Å². The number of fused-ring (bicyclic) bond motifs is 3. The van der Waals surface area contributed by atoms with Gasteiger partial charge in [0.2, 0.25) is 0 Å². The number of hydrogen-bond donors (Lipinski definition) is 0. The van der Waals surface area contributed by atoms with Gasteiger partial charge in [-0.05, 0) is 43.1 Å². The minimum Gasteiger partial charge on any atom is -0.299 e. The second kappa shape index (κ2) is 4.08. The highest BCUT2D eigenvalue weighted by atomic mass is 16.1. The van der Waals surface area contributed by atoms with E-state index >= 15 is 0 Å². The van der Waals surface area contributed by atoms with E-state index in [1.807, 2.05) is 6.08 Å². The summed E-state index contributed by atoms with van der Waals surface area (Å²) in [4.78, 5) is 23.9. The maximum Gasteiger partial charge on any atom is 0.156 e. The lowest BCUT2D eigenvalue weighted by Crippen LogP contribution is -2.29. The summed E-state index contributed by atoms with van der Waals surface area (Å²) in [6.45, 7) is 2.15. The van der Waals surface area contributed by atoms with E-state index in [0.29, 0.717) is 30.0 Å². The average molecular weight is 232 g/mol. The van der Waals surface area contributed by atoms with Gasteiger partial charge < -0.3 is 0 Å². The van der Waals surface area contributed by atoms with Crippen LogP contribution in [0.1, 0.15) is 45.4 Å². The molecule has 0 aromatic heterocycles. The highest BCUT2D eigenvalue weighted by Gasteiger charge is 2.43. The maximum absolute atomic E-state index is 12.2. The Hall–Kier alpha value is -0.920. The fourth-order valence-electron chi connectivity index (χ4n) is 4.20. The van der Waals surface area contributed by atoms with Gasteiger partial charge in [-0.15, -0.1) is 0 Å². The van der Waals surface area contributed by atoms with Crippen LogP contribution in [-0.2, 0) is 9.59 Å². The zero-order valence-corrected chi connectivity index (χ0v) is 10.4. The predicted octanol–water partition coefficient (Wildman–Crippen LogP) is 2.92. The Labute approximate surface area is 102 Å². The van der Waals surface area contributed by atoms with Gasteiger partial charge in [0.05, 0.1) is 0 Å². The number of allylic oxidation sites excluding steroid dienone is 2. The van der Waals surface area contributed by atoms with Gasteiger partial charge in [0, 0.05) is 18.8 Å². The van der Waals surface area contributed by atoms with Gasteiger partial charge in [0.15, 0.2) is 5.78 Å². The van der Waals surface area contributed by atoms with Crippen LogP contribution in [0.15, 0.2) is 11.6 Å². The molecule has 2 heteroatoms. The van der Waals surface area contributed by atoms with Gasteiger partial charge in [0.1, 0.15) is 5.78 Å². The topological polar surface area (TPSA) is 34.1 Å². The van der Waals surface area contributed by atoms with Crippen LogP contribution >= 0.6 is 0 Å². The zero-order chi connectivity index (χ0) is 12.0. The molecule has 0 aromatic carbocycles. The van der Waals surface area contributed by atoms with Gasteiger partial charge >= 0.3 is 0 Å². The first-order chi connectivity index (χ1) is 8.15. The summed E-state index contributed by atoms with van der Waals surface area (Å²) in [6.07, 6.45) is 7.63. The van der Waals surface area contributed by atoms with Crippen LogP contribution in [0, 0.1) is 23.7 Å². The Bertz CT molecular complexity index is 394. The van der Waals surface area contributed by atoms with Gasteiger partial charge in [0.25, 0.3) is 0 Å². The van der Waals surface area contributed by atoms with Crippen molar-refractivity contribution in [1.29, 1.82) is 0 Å². The van der Waals surface area contributed by atoms with Crippen LogP contribution in [0.5, 0.6) is 0 Å². The second-order valence-electron chi connectivity index (χ2n) is 6.18. The average Bonchev–Trinajstić information content (AvgIpc) is 2.82. The molecule has 0 N–H and O–H groups in total.